The molecular weight excluding hydrogens is 370 g/mol. The van der Waals surface area contributed by atoms with Crippen molar-refractivity contribution in [3.8, 4) is 5.88 Å². The van der Waals surface area contributed by atoms with E-state index in [9.17, 15) is 9.59 Å². The van der Waals surface area contributed by atoms with E-state index in [0.29, 0.717) is 50.1 Å². The van der Waals surface area contributed by atoms with Crippen LogP contribution in [0.1, 0.15) is 24.2 Å². The Bertz CT molecular complexity index is 820. The van der Waals surface area contributed by atoms with Crippen molar-refractivity contribution in [1.29, 1.82) is 0 Å². The number of nitrogens with zero attached hydrogens (tertiary/aromatic N) is 4. The lowest BCUT2D eigenvalue weighted by Crippen LogP contribution is -2.51. The summed E-state index contributed by atoms with van der Waals surface area (Å²) in [5.74, 6) is 1.45. The van der Waals surface area contributed by atoms with E-state index >= 15 is 0 Å². The van der Waals surface area contributed by atoms with Crippen LogP contribution in [0.2, 0.25) is 0 Å². The summed E-state index contributed by atoms with van der Waals surface area (Å²) < 4.78 is 5.67. The van der Waals surface area contributed by atoms with E-state index in [0.717, 1.165) is 5.82 Å². The van der Waals surface area contributed by atoms with E-state index in [1.165, 1.54) is 6.33 Å². The molecule has 1 aliphatic heterocycles. The second-order valence-electron chi connectivity index (χ2n) is 7.34. The quantitative estimate of drug-likeness (QED) is 0.763. The zero-order valence-electron chi connectivity index (χ0n) is 16.9. The van der Waals surface area contributed by atoms with Crippen LogP contribution in [0.25, 0.3) is 0 Å². The molecule has 3 rings (SSSR count). The molecule has 0 atom stereocenters. The van der Waals surface area contributed by atoms with E-state index in [2.05, 4.69) is 34.0 Å². The van der Waals surface area contributed by atoms with E-state index in [4.69, 9.17) is 4.74 Å². The maximum atomic E-state index is 12.4. The highest BCUT2D eigenvalue weighted by Gasteiger charge is 2.22. The van der Waals surface area contributed by atoms with Gasteiger partial charge in [0, 0.05) is 37.8 Å². The lowest BCUT2D eigenvalue weighted by Gasteiger charge is -2.35. The fourth-order valence-corrected chi connectivity index (χ4v) is 2.98. The Morgan fingerprint density at radius 2 is 1.83 bits per heavy atom. The summed E-state index contributed by atoms with van der Waals surface area (Å²) in [5, 5.41) is 2.69. The number of rotatable bonds is 7. The molecule has 2 aromatic rings. The van der Waals surface area contributed by atoms with Crippen molar-refractivity contribution in [3.63, 3.8) is 0 Å². The Hall–Kier alpha value is -3.16. The van der Waals surface area contributed by atoms with Crippen molar-refractivity contribution < 1.29 is 14.3 Å². The number of hydrogen-bond donors (Lipinski definition) is 1. The standard InChI is InChI=1S/C21H27N5O3/c1-16(2)14-29-19-12-18(23-15-24-19)25-8-10-26(11-9-25)20(27)13-22-21(28)17-6-4-3-5-7-17/h3-7,12,15-16H,8-11,13-14H2,1-2H3,(H,22,28). The van der Waals surface area contributed by atoms with Crippen LogP contribution in [0.4, 0.5) is 5.82 Å². The maximum Gasteiger partial charge on any atom is 0.251 e. The molecule has 1 N–H and O–H groups in total. The molecule has 29 heavy (non-hydrogen) atoms. The summed E-state index contributed by atoms with van der Waals surface area (Å²) in [6, 6.07) is 10.7. The van der Waals surface area contributed by atoms with Gasteiger partial charge in [-0.1, -0.05) is 32.0 Å². The molecule has 1 fully saturated rings. The van der Waals surface area contributed by atoms with Crippen LogP contribution >= 0.6 is 0 Å². The van der Waals surface area contributed by atoms with Crippen LogP contribution in [0, 0.1) is 5.92 Å². The number of nitrogens with one attached hydrogen (secondary N) is 1. The number of ether oxygens (including phenoxy) is 1. The van der Waals surface area contributed by atoms with Gasteiger partial charge in [-0.05, 0) is 18.1 Å². The molecule has 154 valence electrons. The van der Waals surface area contributed by atoms with Gasteiger partial charge in [0.15, 0.2) is 0 Å². The lowest BCUT2D eigenvalue weighted by molar-refractivity contribution is -0.130. The third-order valence-corrected chi connectivity index (χ3v) is 4.58. The first-order valence-corrected chi connectivity index (χ1v) is 9.83. The number of amides is 2. The molecule has 1 aliphatic rings. The second kappa shape index (κ2) is 9.86. The van der Waals surface area contributed by atoms with Crippen LogP contribution in [-0.4, -0.2) is 66.0 Å². The van der Waals surface area contributed by atoms with Gasteiger partial charge in [0.25, 0.3) is 5.91 Å². The Morgan fingerprint density at radius 3 is 2.52 bits per heavy atom. The summed E-state index contributed by atoms with van der Waals surface area (Å²) >= 11 is 0. The van der Waals surface area contributed by atoms with Gasteiger partial charge >= 0.3 is 0 Å². The minimum absolute atomic E-state index is 0.00553. The van der Waals surface area contributed by atoms with Gasteiger partial charge in [0.05, 0.1) is 13.2 Å². The summed E-state index contributed by atoms with van der Waals surface area (Å²) in [6.07, 6.45) is 1.50. The monoisotopic (exact) mass is 397 g/mol. The normalized spacial score (nSPS) is 14.0. The first-order chi connectivity index (χ1) is 14.0. The Balaban J connectivity index is 1.47. The van der Waals surface area contributed by atoms with Crippen LogP contribution < -0.4 is 15.0 Å². The molecule has 8 heteroatoms. The molecule has 0 bridgehead atoms. The van der Waals surface area contributed by atoms with Crippen molar-refractivity contribution in [2.75, 3.05) is 44.2 Å². The summed E-state index contributed by atoms with van der Waals surface area (Å²) in [6.45, 7) is 7.25. The smallest absolute Gasteiger partial charge is 0.251 e. The Morgan fingerprint density at radius 1 is 1.10 bits per heavy atom. The lowest BCUT2D eigenvalue weighted by atomic mass is 10.2. The van der Waals surface area contributed by atoms with E-state index in [-0.39, 0.29) is 18.4 Å². The van der Waals surface area contributed by atoms with E-state index in [1.54, 1.807) is 29.2 Å². The SMILES string of the molecule is CC(C)COc1cc(N2CCN(C(=O)CNC(=O)c3ccccc3)CC2)ncn1. The highest BCUT2D eigenvalue weighted by Crippen LogP contribution is 2.18. The minimum Gasteiger partial charge on any atom is -0.477 e. The zero-order valence-corrected chi connectivity index (χ0v) is 16.9. The molecule has 0 aliphatic carbocycles. The van der Waals surface area contributed by atoms with Crippen LogP contribution in [0.15, 0.2) is 42.7 Å². The zero-order chi connectivity index (χ0) is 20.6. The molecule has 2 heterocycles. The molecule has 1 aromatic carbocycles. The van der Waals surface area contributed by atoms with Crippen LogP contribution in [0.3, 0.4) is 0 Å². The molecule has 0 saturated carbocycles. The van der Waals surface area contributed by atoms with Gasteiger partial charge in [-0.25, -0.2) is 9.97 Å². The largest absolute Gasteiger partial charge is 0.477 e. The van der Waals surface area contributed by atoms with Gasteiger partial charge in [-0.3, -0.25) is 9.59 Å². The topological polar surface area (TPSA) is 87.7 Å². The highest BCUT2D eigenvalue weighted by atomic mass is 16.5. The van der Waals surface area contributed by atoms with Gasteiger partial charge in [-0.15, -0.1) is 0 Å². The van der Waals surface area contributed by atoms with Gasteiger partial charge < -0.3 is 19.9 Å². The Labute approximate surface area is 170 Å². The molecule has 0 unspecified atom stereocenters. The van der Waals surface area contributed by atoms with E-state index < -0.39 is 0 Å². The molecule has 0 spiro atoms. The molecule has 1 saturated heterocycles. The summed E-state index contributed by atoms with van der Waals surface area (Å²) in [5.41, 5.74) is 0.546. The van der Waals surface area contributed by atoms with Crippen molar-refractivity contribution in [2.45, 2.75) is 13.8 Å². The van der Waals surface area contributed by atoms with Gasteiger partial charge in [-0.2, -0.15) is 0 Å². The van der Waals surface area contributed by atoms with E-state index in [1.807, 2.05) is 12.1 Å². The van der Waals surface area contributed by atoms with Crippen LogP contribution in [0.5, 0.6) is 5.88 Å². The predicted molar refractivity (Wildman–Crippen MR) is 110 cm³/mol. The molecule has 1 aromatic heterocycles. The summed E-state index contributed by atoms with van der Waals surface area (Å²) in [4.78, 5) is 36.9. The van der Waals surface area contributed by atoms with Crippen LogP contribution in [-0.2, 0) is 4.79 Å². The molecular formula is C21H27N5O3. The van der Waals surface area contributed by atoms with Gasteiger partial charge in [0.1, 0.15) is 12.1 Å². The number of hydrogen-bond acceptors (Lipinski definition) is 6. The third-order valence-electron chi connectivity index (χ3n) is 4.58. The highest BCUT2D eigenvalue weighted by molar-refractivity contribution is 5.96. The average molecular weight is 397 g/mol. The second-order valence-corrected chi connectivity index (χ2v) is 7.34. The first-order valence-electron chi connectivity index (χ1n) is 9.83. The number of aromatic nitrogens is 2. The minimum atomic E-state index is -0.243. The molecule has 8 nitrogen and oxygen atoms in total. The first kappa shape index (κ1) is 20.6. The number of benzene rings is 1. The average Bonchev–Trinajstić information content (AvgIpc) is 2.76. The Kier molecular flexibility index (Phi) is 6.99. The molecule has 2 amide bonds. The maximum absolute atomic E-state index is 12.4. The number of anilines is 1. The summed E-state index contributed by atoms with van der Waals surface area (Å²) in [7, 11) is 0. The fraction of sp³-hybridized carbons (Fsp3) is 0.429. The van der Waals surface area contributed by atoms with Crippen molar-refractivity contribution in [2.24, 2.45) is 5.92 Å². The van der Waals surface area contributed by atoms with Crippen molar-refractivity contribution >= 4 is 17.6 Å². The number of carbonyl (C=O) groups is 2. The van der Waals surface area contributed by atoms with Crippen molar-refractivity contribution in [1.82, 2.24) is 20.2 Å². The fourth-order valence-electron chi connectivity index (χ4n) is 2.98. The number of carbonyl (C=O) groups excluding carboxylic acids is 2. The number of piperazine rings is 1. The van der Waals surface area contributed by atoms with Gasteiger partial charge in [0.2, 0.25) is 11.8 Å². The van der Waals surface area contributed by atoms with Crippen molar-refractivity contribution in [3.05, 3.63) is 48.3 Å². The molecule has 0 radical (unpaired) electrons. The third kappa shape index (κ3) is 5.91. The predicted octanol–water partition coefficient (Wildman–Crippen LogP) is 1.59.